The molecule has 5 rings (SSSR count). The van der Waals surface area contributed by atoms with E-state index in [2.05, 4.69) is 32.3 Å². The molecule has 1 atom stereocenters. The van der Waals surface area contributed by atoms with Gasteiger partial charge in [-0.15, -0.1) is 0 Å². The van der Waals surface area contributed by atoms with E-state index in [-0.39, 0.29) is 18.1 Å². The minimum atomic E-state index is -0.378. The molecule has 6 nitrogen and oxygen atoms in total. The van der Waals surface area contributed by atoms with E-state index in [1.165, 1.54) is 35.2 Å². The molecule has 1 saturated heterocycles. The molecule has 1 fully saturated rings. The van der Waals surface area contributed by atoms with Gasteiger partial charge in [0.1, 0.15) is 18.2 Å². The Balaban J connectivity index is 1.17. The number of nitrogens with zero attached hydrogens (tertiary/aromatic N) is 3. The minimum absolute atomic E-state index is 0.0253. The van der Waals surface area contributed by atoms with Gasteiger partial charge in [-0.3, -0.25) is 4.79 Å². The van der Waals surface area contributed by atoms with Crippen molar-refractivity contribution in [1.29, 1.82) is 0 Å². The van der Waals surface area contributed by atoms with Crippen LogP contribution in [-0.4, -0.2) is 41.1 Å². The highest BCUT2D eigenvalue weighted by Crippen LogP contribution is 2.29. The summed E-state index contributed by atoms with van der Waals surface area (Å²) >= 11 is 0. The predicted molar refractivity (Wildman–Crippen MR) is 111 cm³/mol. The van der Waals surface area contributed by atoms with Gasteiger partial charge < -0.3 is 15.0 Å². The van der Waals surface area contributed by atoms with Gasteiger partial charge in [-0.2, -0.15) is 0 Å². The highest BCUT2D eigenvalue weighted by atomic mass is 16.5. The van der Waals surface area contributed by atoms with E-state index < -0.39 is 0 Å². The van der Waals surface area contributed by atoms with Crippen LogP contribution in [0.3, 0.4) is 0 Å². The number of amides is 1. The van der Waals surface area contributed by atoms with E-state index in [0.717, 1.165) is 44.6 Å². The number of aromatic nitrogens is 2. The molecule has 6 heteroatoms. The maximum atomic E-state index is 12.7. The number of ether oxygens (including phenoxy) is 1. The topological polar surface area (TPSA) is 67.4 Å². The third kappa shape index (κ3) is 3.86. The molecular formula is C23H28N4O2. The van der Waals surface area contributed by atoms with E-state index in [4.69, 9.17) is 4.74 Å². The first-order chi connectivity index (χ1) is 14.3. The summed E-state index contributed by atoms with van der Waals surface area (Å²) in [6.45, 7) is 2.36. The smallest absolute Gasteiger partial charge is 0.249 e. The van der Waals surface area contributed by atoms with Crippen LogP contribution in [0.25, 0.3) is 0 Å². The summed E-state index contributed by atoms with van der Waals surface area (Å²) < 4.78 is 5.82. The maximum Gasteiger partial charge on any atom is 0.249 e. The van der Waals surface area contributed by atoms with Crippen molar-refractivity contribution < 1.29 is 9.53 Å². The highest BCUT2D eigenvalue weighted by molar-refractivity contribution is 5.81. The number of fused-ring (bicyclic) bond motifs is 2. The molecule has 0 spiro atoms. The fourth-order valence-corrected chi connectivity index (χ4v) is 4.82. The normalized spacial score (nSPS) is 21.9. The van der Waals surface area contributed by atoms with E-state index in [1.54, 1.807) is 6.33 Å². The maximum absolute atomic E-state index is 12.7. The fraction of sp³-hybridized carbons (Fsp3) is 0.522. The van der Waals surface area contributed by atoms with Crippen LogP contribution in [0.5, 0.6) is 0 Å². The number of nitrogens with one attached hydrogen (secondary N) is 1. The van der Waals surface area contributed by atoms with Crippen molar-refractivity contribution in [2.45, 2.75) is 63.7 Å². The quantitative estimate of drug-likeness (QED) is 0.870. The van der Waals surface area contributed by atoms with Crippen LogP contribution < -0.4 is 10.2 Å². The molecule has 0 saturated carbocycles. The van der Waals surface area contributed by atoms with Gasteiger partial charge in [-0.05, 0) is 49.7 Å². The molecule has 152 valence electrons. The van der Waals surface area contributed by atoms with Crippen LogP contribution in [0.2, 0.25) is 0 Å². The zero-order chi connectivity index (χ0) is 19.6. The lowest BCUT2D eigenvalue weighted by molar-refractivity contribution is -0.135. The van der Waals surface area contributed by atoms with Gasteiger partial charge in [0.15, 0.2) is 0 Å². The monoisotopic (exact) mass is 392 g/mol. The number of carbonyl (C=O) groups is 1. The molecule has 1 aromatic carbocycles. The first-order valence-corrected chi connectivity index (χ1v) is 10.8. The van der Waals surface area contributed by atoms with Crippen molar-refractivity contribution in [1.82, 2.24) is 15.3 Å². The number of hydrogen-bond acceptors (Lipinski definition) is 5. The van der Waals surface area contributed by atoms with Gasteiger partial charge in [0.25, 0.3) is 0 Å². The van der Waals surface area contributed by atoms with Crippen LogP contribution >= 0.6 is 0 Å². The van der Waals surface area contributed by atoms with Crippen LogP contribution in [0.4, 0.5) is 5.82 Å². The molecule has 0 radical (unpaired) electrons. The second kappa shape index (κ2) is 8.11. The van der Waals surface area contributed by atoms with Gasteiger partial charge in [0.2, 0.25) is 5.91 Å². The Morgan fingerprint density at radius 3 is 2.72 bits per heavy atom. The van der Waals surface area contributed by atoms with Crippen molar-refractivity contribution in [2.24, 2.45) is 0 Å². The summed E-state index contributed by atoms with van der Waals surface area (Å²) in [5.74, 6) is 1.14. The van der Waals surface area contributed by atoms with Crippen LogP contribution in [-0.2, 0) is 35.4 Å². The van der Waals surface area contributed by atoms with Gasteiger partial charge in [0.05, 0.1) is 6.61 Å². The van der Waals surface area contributed by atoms with E-state index >= 15 is 0 Å². The molecule has 1 aromatic heterocycles. The predicted octanol–water partition coefficient (Wildman–Crippen LogP) is 2.58. The first kappa shape index (κ1) is 18.6. The molecule has 29 heavy (non-hydrogen) atoms. The Labute approximate surface area is 171 Å². The summed E-state index contributed by atoms with van der Waals surface area (Å²) in [5.41, 5.74) is 4.99. The Hall–Kier alpha value is -2.47. The van der Waals surface area contributed by atoms with Crippen molar-refractivity contribution >= 4 is 11.7 Å². The number of carbonyl (C=O) groups excluding carboxylic acids is 1. The third-order valence-electron chi connectivity index (χ3n) is 6.50. The summed E-state index contributed by atoms with van der Waals surface area (Å²) in [7, 11) is 0. The molecule has 1 N–H and O–H groups in total. The molecule has 2 aliphatic heterocycles. The second-order valence-corrected chi connectivity index (χ2v) is 8.37. The van der Waals surface area contributed by atoms with E-state index in [1.807, 2.05) is 12.1 Å². The lowest BCUT2D eigenvalue weighted by atomic mass is 9.95. The Morgan fingerprint density at radius 1 is 1.07 bits per heavy atom. The number of hydrogen-bond donors (Lipinski definition) is 1. The Bertz CT molecular complexity index is 892. The molecule has 1 amide bonds. The molecule has 1 unspecified atom stereocenters. The van der Waals surface area contributed by atoms with Crippen molar-refractivity contribution in [3.05, 3.63) is 53.0 Å². The Morgan fingerprint density at radius 2 is 1.86 bits per heavy atom. The molecule has 0 bridgehead atoms. The lowest BCUT2D eigenvalue weighted by Gasteiger charge is -2.35. The van der Waals surface area contributed by atoms with Gasteiger partial charge in [0, 0.05) is 36.8 Å². The first-order valence-electron chi connectivity index (χ1n) is 10.8. The number of aryl methyl sites for hydroxylation is 1. The minimum Gasteiger partial charge on any atom is -0.363 e. The third-order valence-corrected chi connectivity index (χ3v) is 6.50. The zero-order valence-electron chi connectivity index (χ0n) is 16.8. The average molecular weight is 393 g/mol. The SMILES string of the molecule is O=C(NC1CCN(c2ncnc3c2CCCC3)CC1)C1Cc2ccccc2CO1. The fourth-order valence-electron chi connectivity index (χ4n) is 4.82. The summed E-state index contributed by atoms with van der Waals surface area (Å²) in [5, 5.41) is 3.23. The summed E-state index contributed by atoms with van der Waals surface area (Å²) in [6.07, 6.45) is 8.48. The van der Waals surface area contributed by atoms with Crippen molar-refractivity contribution in [3.8, 4) is 0 Å². The average Bonchev–Trinajstić information content (AvgIpc) is 2.79. The van der Waals surface area contributed by atoms with Crippen LogP contribution in [0.15, 0.2) is 30.6 Å². The van der Waals surface area contributed by atoms with Gasteiger partial charge >= 0.3 is 0 Å². The number of anilines is 1. The highest BCUT2D eigenvalue weighted by Gasteiger charge is 2.29. The molecule has 3 aliphatic rings. The van der Waals surface area contributed by atoms with Gasteiger partial charge in [-0.1, -0.05) is 24.3 Å². The van der Waals surface area contributed by atoms with Gasteiger partial charge in [-0.25, -0.2) is 9.97 Å². The lowest BCUT2D eigenvalue weighted by Crippen LogP contribution is -2.49. The molecular weight excluding hydrogens is 364 g/mol. The van der Waals surface area contributed by atoms with Crippen molar-refractivity contribution in [2.75, 3.05) is 18.0 Å². The largest absolute Gasteiger partial charge is 0.363 e. The summed E-state index contributed by atoms with van der Waals surface area (Å²) in [6, 6.07) is 8.42. The second-order valence-electron chi connectivity index (χ2n) is 8.37. The number of piperidine rings is 1. The molecule has 1 aliphatic carbocycles. The van der Waals surface area contributed by atoms with E-state index in [0.29, 0.717) is 13.0 Å². The zero-order valence-corrected chi connectivity index (χ0v) is 16.8. The van der Waals surface area contributed by atoms with Crippen molar-refractivity contribution in [3.63, 3.8) is 0 Å². The Kier molecular flexibility index (Phi) is 5.19. The van der Waals surface area contributed by atoms with Crippen LogP contribution in [0.1, 0.15) is 48.1 Å². The standard InChI is InChI=1S/C23H28N4O2/c28-23(21-13-16-5-1-2-6-17(16)14-29-21)26-18-9-11-27(12-10-18)22-19-7-3-4-8-20(19)24-15-25-22/h1-2,5-6,15,18,21H,3-4,7-14H2,(H,26,28). The molecule has 2 aromatic rings. The summed E-state index contributed by atoms with van der Waals surface area (Å²) in [4.78, 5) is 24.2. The molecule has 3 heterocycles. The number of benzene rings is 1. The van der Waals surface area contributed by atoms with E-state index in [9.17, 15) is 4.79 Å². The van der Waals surface area contributed by atoms with Crippen LogP contribution in [0, 0.1) is 0 Å². The number of rotatable bonds is 3.